The lowest BCUT2D eigenvalue weighted by molar-refractivity contribution is 0.0710. The summed E-state index contributed by atoms with van der Waals surface area (Å²) in [6.07, 6.45) is 1.78. The van der Waals surface area contributed by atoms with Crippen molar-refractivity contribution < 1.29 is 9.32 Å². The van der Waals surface area contributed by atoms with Gasteiger partial charge in [0.1, 0.15) is 11.9 Å². The van der Waals surface area contributed by atoms with Crippen molar-refractivity contribution in [3.8, 4) is 0 Å². The molecule has 3 aromatic rings. The molecule has 4 rings (SSSR count). The Morgan fingerprint density at radius 2 is 2.20 bits per heavy atom. The van der Waals surface area contributed by atoms with E-state index < -0.39 is 0 Å². The van der Waals surface area contributed by atoms with Crippen LogP contribution in [0.25, 0.3) is 11.0 Å². The highest BCUT2D eigenvalue weighted by molar-refractivity contribution is 5.97. The van der Waals surface area contributed by atoms with Crippen LogP contribution in [0.2, 0.25) is 0 Å². The van der Waals surface area contributed by atoms with Gasteiger partial charge in [-0.15, -0.1) is 0 Å². The molecule has 1 amide bonds. The number of benzene rings is 1. The Bertz CT molecular complexity index is 927. The van der Waals surface area contributed by atoms with Crippen molar-refractivity contribution in [2.24, 2.45) is 0 Å². The Morgan fingerprint density at radius 3 is 2.96 bits per heavy atom. The second-order valence-corrected chi connectivity index (χ2v) is 6.86. The topological polar surface area (TPSA) is 87.9 Å². The Hall–Kier alpha value is -2.70. The molecule has 25 heavy (non-hydrogen) atoms. The number of hydrogen-bond acceptors (Lipinski definition) is 5. The predicted molar refractivity (Wildman–Crippen MR) is 92.2 cm³/mol. The van der Waals surface area contributed by atoms with Gasteiger partial charge in [-0.1, -0.05) is 19.0 Å². The molecule has 1 aliphatic heterocycles. The van der Waals surface area contributed by atoms with Gasteiger partial charge in [0, 0.05) is 18.0 Å². The number of fused-ring (bicyclic) bond motifs is 1. The number of aromatic nitrogens is 4. The van der Waals surface area contributed by atoms with Gasteiger partial charge in [0.15, 0.2) is 5.82 Å². The Morgan fingerprint density at radius 1 is 1.36 bits per heavy atom. The third-order valence-electron chi connectivity index (χ3n) is 4.62. The summed E-state index contributed by atoms with van der Waals surface area (Å²) in [6.45, 7) is 6.64. The van der Waals surface area contributed by atoms with E-state index in [1.165, 1.54) is 0 Å². The fourth-order valence-electron chi connectivity index (χ4n) is 3.32. The van der Waals surface area contributed by atoms with Gasteiger partial charge in [-0.3, -0.25) is 4.79 Å². The van der Waals surface area contributed by atoms with Crippen LogP contribution in [-0.2, 0) is 0 Å². The quantitative estimate of drug-likeness (QED) is 0.790. The predicted octanol–water partition coefficient (Wildman–Crippen LogP) is 3.36. The average Bonchev–Trinajstić information content (AvgIpc) is 3.30. The van der Waals surface area contributed by atoms with Gasteiger partial charge in [0.05, 0.1) is 11.0 Å². The summed E-state index contributed by atoms with van der Waals surface area (Å²) in [5.74, 6) is 2.25. The molecule has 130 valence electrons. The van der Waals surface area contributed by atoms with Crippen molar-refractivity contribution in [1.82, 2.24) is 25.0 Å². The Balaban J connectivity index is 1.62. The highest BCUT2D eigenvalue weighted by Crippen LogP contribution is 2.33. The monoisotopic (exact) mass is 339 g/mol. The molecule has 1 N–H and O–H groups in total. The minimum atomic E-state index is -0.147. The maximum absolute atomic E-state index is 13.0. The number of nitrogens with one attached hydrogen (secondary N) is 1. The van der Waals surface area contributed by atoms with Gasteiger partial charge in [-0.2, -0.15) is 4.98 Å². The highest BCUT2D eigenvalue weighted by atomic mass is 16.5. The first kappa shape index (κ1) is 15.8. The molecule has 2 aromatic heterocycles. The van der Waals surface area contributed by atoms with E-state index >= 15 is 0 Å². The van der Waals surface area contributed by atoms with Crippen LogP contribution in [0.3, 0.4) is 0 Å². The zero-order valence-electron chi connectivity index (χ0n) is 14.6. The summed E-state index contributed by atoms with van der Waals surface area (Å²) >= 11 is 0. The molecule has 1 fully saturated rings. The molecule has 0 unspecified atom stereocenters. The van der Waals surface area contributed by atoms with Crippen LogP contribution in [0.4, 0.5) is 0 Å². The lowest BCUT2D eigenvalue weighted by Gasteiger charge is -2.21. The van der Waals surface area contributed by atoms with Crippen molar-refractivity contribution >= 4 is 16.9 Å². The lowest BCUT2D eigenvalue weighted by atomic mass is 10.1. The standard InChI is InChI=1S/C18H21N5O2/c1-10(2)16-21-17(25-22-16)15-5-4-8-23(15)18(24)12-6-7-13-14(9-12)20-11(3)19-13/h6-7,9-10,15H,4-5,8H2,1-3H3,(H,19,20)/t15-/m0/s1. The maximum Gasteiger partial charge on any atom is 0.254 e. The molecule has 0 saturated carbocycles. The zero-order chi connectivity index (χ0) is 17.6. The largest absolute Gasteiger partial charge is 0.342 e. The molecule has 7 heteroatoms. The lowest BCUT2D eigenvalue weighted by Crippen LogP contribution is -2.30. The minimum Gasteiger partial charge on any atom is -0.342 e. The molecule has 0 bridgehead atoms. The summed E-state index contributed by atoms with van der Waals surface area (Å²) < 4.78 is 5.43. The number of carbonyl (C=O) groups excluding carboxylic acids is 1. The maximum atomic E-state index is 13.0. The van der Waals surface area contributed by atoms with E-state index in [-0.39, 0.29) is 17.9 Å². The third-order valence-corrected chi connectivity index (χ3v) is 4.62. The summed E-state index contributed by atoms with van der Waals surface area (Å²) in [5, 5.41) is 4.03. The van der Waals surface area contributed by atoms with Crippen molar-refractivity contribution in [1.29, 1.82) is 0 Å². The molecule has 0 spiro atoms. The summed E-state index contributed by atoms with van der Waals surface area (Å²) in [4.78, 5) is 26.9. The van der Waals surface area contributed by atoms with Gasteiger partial charge in [-0.25, -0.2) is 4.98 Å². The van der Waals surface area contributed by atoms with Crippen LogP contribution in [0.1, 0.15) is 66.5 Å². The first-order chi connectivity index (χ1) is 12.0. The number of rotatable bonds is 3. The van der Waals surface area contributed by atoms with Crippen molar-refractivity contribution in [3.05, 3.63) is 41.3 Å². The number of carbonyl (C=O) groups is 1. The average molecular weight is 339 g/mol. The van der Waals surface area contributed by atoms with Gasteiger partial charge in [0.25, 0.3) is 5.91 Å². The highest BCUT2D eigenvalue weighted by Gasteiger charge is 2.34. The van der Waals surface area contributed by atoms with Crippen molar-refractivity contribution in [3.63, 3.8) is 0 Å². The number of hydrogen-bond donors (Lipinski definition) is 1. The fourth-order valence-corrected chi connectivity index (χ4v) is 3.32. The van der Waals surface area contributed by atoms with E-state index in [9.17, 15) is 4.79 Å². The van der Waals surface area contributed by atoms with Crippen molar-refractivity contribution in [2.75, 3.05) is 6.54 Å². The number of imidazole rings is 1. The first-order valence-electron chi connectivity index (χ1n) is 8.64. The van der Waals surface area contributed by atoms with Crippen LogP contribution in [0, 0.1) is 6.92 Å². The van der Waals surface area contributed by atoms with Crippen molar-refractivity contribution in [2.45, 2.75) is 45.6 Å². The van der Waals surface area contributed by atoms with E-state index in [2.05, 4.69) is 20.1 Å². The van der Waals surface area contributed by atoms with E-state index in [1.807, 2.05) is 43.9 Å². The SMILES string of the molecule is Cc1nc2ccc(C(=O)N3CCC[C@H]3c3nc(C(C)C)no3)cc2[nH]1. The Kier molecular flexibility index (Phi) is 3.78. The van der Waals surface area contributed by atoms with Gasteiger partial charge in [0.2, 0.25) is 5.89 Å². The van der Waals surface area contributed by atoms with E-state index in [4.69, 9.17) is 4.52 Å². The molecule has 1 saturated heterocycles. The fraction of sp³-hybridized carbons (Fsp3) is 0.444. The number of aromatic amines is 1. The first-order valence-corrected chi connectivity index (χ1v) is 8.64. The number of H-pyrrole nitrogens is 1. The van der Waals surface area contributed by atoms with E-state index in [0.29, 0.717) is 23.8 Å². The number of aryl methyl sites for hydroxylation is 1. The van der Waals surface area contributed by atoms with E-state index in [0.717, 1.165) is 29.7 Å². The van der Waals surface area contributed by atoms with E-state index in [1.54, 1.807) is 0 Å². The van der Waals surface area contributed by atoms with Crippen LogP contribution in [0.5, 0.6) is 0 Å². The van der Waals surface area contributed by atoms with Crippen LogP contribution >= 0.6 is 0 Å². The van der Waals surface area contributed by atoms with Crippen LogP contribution in [0.15, 0.2) is 22.7 Å². The molecule has 1 atom stereocenters. The zero-order valence-corrected chi connectivity index (χ0v) is 14.6. The third kappa shape index (κ3) is 2.79. The molecule has 7 nitrogen and oxygen atoms in total. The molecule has 3 heterocycles. The van der Waals surface area contributed by atoms with Gasteiger partial charge in [-0.05, 0) is 38.0 Å². The summed E-state index contributed by atoms with van der Waals surface area (Å²) in [5.41, 5.74) is 2.39. The minimum absolute atomic E-state index is 0.0130. The smallest absolute Gasteiger partial charge is 0.254 e. The summed E-state index contributed by atoms with van der Waals surface area (Å²) in [6, 6.07) is 5.42. The molecule has 1 aliphatic rings. The molecule has 1 aromatic carbocycles. The molecule has 0 radical (unpaired) electrons. The Labute approximate surface area is 145 Å². The molecular weight excluding hydrogens is 318 g/mol. The van der Waals surface area contributed by atoms with Crippen LogP contribution < -0.4 is 0 Å². The number of likely N-dealkylation sites (tertiary alicyclic amines) is 1. The second-order valence-electron chi connectivity index (χ2n) is 6.86. The van der Waals surface area contributed by atoms with Crippen LogP contribution in [-0.4, -0.2) is 37.5 Å². The van der Waals surface area contributed by atoms with Gasteiger partial charge < -0.3 is 14.4 Å². The van der Waals surface area contributed by atoms with Gasteiger partial charge >= 0.3 is 0 Å². The number of nitrogens with zero attached hydrogens (tertiary/aromatic N) is 4. The molecule has 0 aliphatic carbocycles. The normalized spacial score (nSPS) is 17.8. The molecular formula is C18H21N5O2. The second kappa shape index (κ2) is 5.98. The number of amides is 1. The summed E-state index contributed by atoms with van der Waals surface area (Å²) in [7, 11) is 0.